The first kappa shape index (κ1) is 14.0. The molecule has 0 spiro atoms. The maximum atomic E-state index is 12.3. The van der Waals surface area contributed by atoms with Gasteiger partial charge in [-0.2, -0.15) is 0 Å². The number of nitrogens with one attached hydrogen (secondary N) is 1. The summed E-state index contributed by atoms with van der Waals surface area (Å²) in [5, 5.41) is 3.19. The van der Waals surface area contributed by atoms with E-state index in [1.807, 2.05) is 31.0 Å². The average Bonchev–Trinajstić information content (AvgIpc) is 2.46. The molecule has 1 fully saturated rings. The summed E-state index contributed by atoms with van der Waals surface area (Å²) in [7, 11) is 1.99. The van der Waals surface area contributed by atoms with E-state index in [1.165, 1.54) is 6.42 Å². The topological polar surface area (TPSA) is 45.2 Å². The van der Waals surface area contributed by atoms with Crippen LogP contribution in [0.4, 0.5) is 0 Å². The zero-order chi connectivity index (χ0) is 13.7. The van der Waals surface area contributed by atoms with Crippen LogP contribution in [0.3, 0.4) is 0 Å². The molecule has 0 radical (unpaired) electrons. The zero-order valence-corrected chi connectivity index (χ0v) is 11.9. The van der Waals surface area contributed by atoms with Crippen molar-refractivity contribution in [2.24, 2.45) is 5.92 Å². The molecule has 0 saturated carbocycles. The van der Waals surface area contributed by atoms with Crippen LogP contribution < -0.4 is 5.32 Å². The first-order valence-electron chi connectivity index (χ1n) is 7.07. The van der Waals surface area contributed by atoms with Gasteiger partial charge in [0.05, 0.1) is 5.56 Å². The Hall–Kier alpha value is -1.42. The molecule has 1 N–H and O–H groups in total. The Labute approximate surface area is 115 Å². The van der Waals surface area contributed by atoms with Gasteiger partial charge in [0.2, 0.25) is 0 Å². The van der Waals surface area contributed by atoms with E-state index in [1.54, 1.807) is 6.20 Å². The molecule has 0 bridgehead atoms. The van der Waals surface area contributed by atoms with E-state index in [0.29, 0.717) is 5.56 Å². The zero-order valence-electron chi connectivity index (χ0n) is 11.9. The summed E-state index contributed by atoms with van der Waals surface area (Å²) in [6.45, 7) is 4.75. The van der Waals surface area contributed by atoms with Crippen molar-refractivity contribution in [2.75, 3.05) is 26.7 Å². The fraction of sp³-hybridized carbons (Fsp3) is 0.600. The summed E-state index contributed by atoms with van der Waals surface area (Å²) in [6, 6.07) is 3.77. The molecule has 2 heterocycles. The summed E-state index contributed by atoms with van der Waals surface area (Å²) in [6.07, 6.45) is 5.13. The lowest BCUT2D eigenvalue weighted by Crippen LogP contribution is -2.39. The van der Waals surface area contributed by atoms with E-state index < -0.39 is 0 Å². The number of carbonyl (C=O) groups is 1. The molecular weight excluding hydrogens is 238 g/mol. The van der Waals surface area contributed by atoms with E-state index in [0.717, 1.165) is 44.1 Å². The number of aromatic nitrogens is 1. The SMILES string of the molecule is CNCCC1CCN(C(=O)c2ccc(C)nc2)CC1. The van der Waals surface area contributed by atoms with Gasteiger partial charge in [-0.3, -0.25) is 9.78 Å². The van der Waals surface area contributed by atoms with Gasteiger partial charge in [-0.15, -0.1) is 0 Å². The second kappa shape index (κ2) is 6.66. The number of aryl methyl sites for hydroxylation is 1. The molecule has 104 valence electrons. The van der Waals surface area contributed by atoms with Gasteiger partial charge in [-0.1, -0.05) is 0 Å². The number of piperidine rings is 1. The van der Waals surface area contributed by atoms with Crippen LogP contribution >= 0.6 is 0 Å². The molecule has 1 aromatic heterocycles. The van der Waals surface area contributed by atoms with Crippen LogP contribution in [0.25, 0.3) is 0 Å². The van der Waals surface area contributed by atoms with Gasteiger partial charge in [-0.05, 0) is 57.8 Å². The van der Waals surface area contributed by atoms with E-state index in [4.69, 9.17) is 0 Å². The summed E-state index contributed by atoms with van der Waals surface area (Å²) in [4.78, 5) is 18.5. The number of hydrogen-bond acceptors (Lipinski definition) is 3. The first-order chi connectivity index (χ1) is 9.20. The molecule has 0 aliphatic carbocycles. The Balaban J connectivity index is 1.87. The van der Waals surface area contributed by atoms with Gasteiger partial charge in [-0.25, -0.2) is 0 Å². The summed E-state index contributed by atoms with van der Waals surface area (Å²) in [5.74, 6) is 0.882. The van der Waals surface area contributed by atoms with Crippen LogP contribution in [-0.4, -0.2) is 42.5 Å². The highest BCUT2D eigenvalue weighted by Gasteiger charge is 2.23. The van der Waals surface area contributed by atoms with Crippen molar-refractivity contribution in [3.8, 4) is 0 Å². The van der Waals surface area contributed by atoms with Crippen LogP contribution in [0.2, 0.25) is 0 Å². The number of nitrogens with zero attached hydrogens (tertiary/aromatic N) is 2. The standard InChI is InChI=1S/C15H23N3O/c1-12-3-4-14(11-17-12)15(19)18-9-6-13(7-10-18)5-8-16-2/h3-4,11,13,16H,5-10H2,1-2H3. The lowest BCUT2D eigenvalue weighted by molar-refractivity contribution is 0.0686. The summed E-state index contributed by atoms with van der Waals surface area (Å²) < 4.78 is 0. The lowest BCUT2D eigenvalue weighted by atomic mass is 9.93. The maximum Gasteiger partial charge on any atom is 0.255 e. The Morgan fingerprint density at radius 3 is 2.74 bits per heavy atom. The lowest BCUT2D eigenvalue weighted by Gasteiger charge is -2.32. The summed E-state index contributed by atoms with van der Waals surface area (Å²) in [5.41, 5.74) is 1.65. The molecule has 19 heavy (non-hydrogen) atoms. The van der Waals surface area contributed by atoms with Crippen molar-refractivity contribution in [3.05, 3.63) is 29.6 Å². The highest BCUT2D eigenvalue weighted by atomic mass is 16.2. The highest BCUT2D eigenvalue weighted by Crippen LogP contribution is 2.21. The van der Waals surface area contributed by atoms with Gasteiger partial charge < -0.3 is 10.2 Å². The van der Waals surface area contributed by atoms with Crippen molar-refractivity contribution in [1.82, 2.24) is 15.2 Å². The van der Waals surface area contributed by atoms with E-state index in [2.05, 4.69) is 10.3 Å². The van der Waals surface area contributed by atoms with Crippen molar-refractivity contribution in [3.63, 3.8) is 0 Å². The molecular formula is C15H23N3O. The van der Waals surface area contributed by atoms with Crippen LogP contribution in [-0.2, 0) is 0 Å². The largest absolute Gasteiger partial charge is 0.339 e. The highest BCUT2D eigenvalue weighted by molar-refractivity contribution is 5.93. The van der Waals surface area contributed by atoms with Gasteiger partial charge >= 0.3 is 0 Å². The first-order valence-corrected chi connectivity index (χ1v) is 7.07. The van der Waals surface area contributed by atoms with Gasteiger partial charge in [0, 0.05) is 25.0 Å². The molecule has 1 amide bonds. The molecule has 0 unspecified atom stereocenters. The van der Waals surface area contributed by atoms with Crippen molar-refractivity contribution in [2.45, 2.75) is 26.2 Å². The normalized spacial score (nSPS) is 16.6. The quantitative estimate of drug-likeness (QED) is 0.899. The van der Waals surface area contributed by atoms with Crippen LogP contribution in [0.15, 0.2) is 18.3 Å². The number of hydrogen-bond donors (Lipinski definition) is 1. The van der Waals surface area contributed by atoms with Crippen molar-refractivity contribution < 1.29 is 4.79 Å². The Kier molecular flexibility index (Phi) is 4.91. The molecule has 1 aliphatic heterocycles. The van der Waals surface area contributed by atoms with Crippen molar-refractivity contribution >= 4 is 5.91 Å². The third-order valence-corrected chi connectivity index (χ3v) is 3.86. The minimum atomic E-state index is 0.125. The number of pyridine rings is 1. The average molecular weight is 261 g/mol. The van der Waals surface area contributed by atoms with Crippen molar-refractivity contribution in [1.29, 1.82) is 0 Å². The Bertz CT molecular complexity index is 408. The number of likely N-dealkylation sites (tertiary alicyclic amines) is 1. The Morgan fingerprint density at radius 2 is 2.16 bits per heavy atom. The fourth-order valence-electron chi connectivity index (χ4n) is 2.55. The monoisotopic (exact) mass is 261 g/mol. The molecule has 2 rings (SSSR count). The van der Waals surface area contributed by atoms with Crippen LogP contribution in [0.1, 0.15) is 35.3 Å². The predicted molar refractivity (Wildman–Crippen MR) is 76.1 cm³/mol. The minimum Gasteiger partial charge on any atom is -0.339 e. The van der Waals surface area contributed by atoms with E-state index in [9.17, 15) is 4.79 Å². The third kappa shape index (κ3) is 3.77. The van der Waals surface area contributed by atoms with Crippen LogP contribution in [0.5, 0.6) is 0 Å². The van der Waals surface area contributed by atoms with E-state index >= 15 is 0 Å². The number of carbonyl (C=O) groups excluding carboxylic acids is 1. The molecule has 0 atom stereocenters. The smallest absolute Gasteiger partial charge is 0.255 e. The van der Waals surface area contributed by atoms with E-state index in [-0.39, 0.29) is 5.91 Å². The molecule has 4 heteroatoms. The summed E-state index contributed by atoms with van der Waals surface area (Å²) >= 11 is 0. The second-order valence-electron chi connectivity index (χ2n) is 5.32. The predicted octanol–water partition coefficient (Wildman–Crippen LogP) is 1.85. The molecule has 1 aromatic rings. The number of rotatable bonds is 4. The Morgan fingerprint density at radius 1 is 1.42 bits per heavy atom. The molecule has 1 aliphatic rings. The maximum absolute atomic E-state index is 12.3. The van der Waals surface area contributed by atoms with Gasteiger partial charge in [0.15, 0.2) is 0 Å². The third-order valence-electron chi connectivity index (χ3n) is 3.86. The van der Waals surface area contributed by atoms with Gasteiger partial charge in [0.1, 0.15) is 0 Å². The molecule has 0 aromatic carbocycles. The molecule has 1 saturated heterocycles. The number of amides is 1. The second-order valence-corrected chi connectivity index (χ2v) is 5.32. The minimum absolute atomic E-state index is 0.125. The van der Waals surface area contributed by atoms with Gasteiger partial charge in [0.25, 0.3) is 5.91 Å². The van der Waals surface area contributed by atoms with Crippen LogP contribution in [0, 0.1) is 12.8 Å². The molecule has 4 nitrogen and oxygen atoms in total. The fourth-order valence-corrected chi connectivity index (χ4v) is 2.55.